The van der Waals surface area contributed by atoms with Crippen LogP contribution in [0.15, 0.2) is 48.5 Å². The summed E-state index contributed by atoms with van der Waals surface area (Å²) in [6.07, 6.45) is 0. The monoisotopic (exact) mass is 335 g/mol. The average Bonchev–Trinajstić information content (AvgIpc) is 2.57. The summed E-state index contributed by atoms with van der Waals surface area (Å²) in [5, 5.41) is 3.09. The zero-order chi connectivity index (χ0) is 16.5. The maximum atomic E-state index is 11.8. The predicted molar refractivity (Wildman–Crippen MR) is 89.4 cm³/mol. The summed E-state index contributed by atoms with van der Waals surface area (Å²) >= 11 is 6.05. The third-order valence-corrected chi connectivity index (χ3v) is 3.24. The number of carbonyl (C=O) groups is 1. The number of nitrogens with one attached hydrogen (secondary N) is 1. The molecule has 23 heavy (non-hydrogen) atoms. The Hall–Kier alpha value is -2.24. The Morgan fingerprint density at radius 3 is 2.57 bits per heavy atom. The fourth-order valence-electron chi connectivity index (χ4n) is 1.81. The van der Waals surface area contributed by atoms with Crippen LogP contribution in [0.3, 0.4) is 0 Å². The molecule has 5 nitrogen and oxygen atoms in total. The number of rotatable bonds is 8. The highest BCUT2D eigenvalue weighted by Gasteiger charge is 2.07. The number of methoxy groups -OCH3 is 1. The lowest BCUT2D eigenvalue weighted by Gasteiger charge is -2.09. The number of anilines is 1. The molecule has 2 rings (SSSR count). The molecule has 0 radical (unpaired) electrons. The number of amides is 1. The number of hydrogen-bond donors (Lipinski definition) is 1. The third-order valence-electron chi connectivity index (χ3n) is 2.92. The summed E-state index contributed by atoms with van der Waals surface area (Å²) in [6, 6.07) is 14.4. The van der Waals surface area contributed by atoms with Gasteiger partial charge in [-0.1, -0.05) is 29.8 Å². The molecular formula is C17H18ClNO4. The van der Waals surface area contributed by atoms with Gasteiger partial charge in [0.2, 0.25) is 5.91 Å². The van der Waals surface area contributed by atoms with Crippen molar-refractivity contribution in [2.24, 2.45) is 0 Å². The molecule has 1 amide bonds. The summed E-state index contributed by atoms with van der Waals surface area (Å²) in [5.74, 6) is 1.12. The zero-order valence-corrected chi connectivity index (χ0v) is 13.5. The van der Waals surface area contributed by atoms with Crippen LogP contribution in [0.25, 0.3) is 0 Å². The van der Waals surface area contributed by atoms with Crippen LogP contribution in [-0.2, 0) is 9.53 Å². The first-order valence-corrected chi connectivity index (χ1v) is 7.46. The van der Waals surface area contributed by atoms with E-state index in [-0.39, 0.29) is 12.5 Å². The molecule has 0 saturated heterocycles. The minimum Gasteiger partial charge on any atom is -0.497 e. The Labute approximate surface area is 140 Å². The Kier molecular flexibility index (Phi) is 6.72. The molecule has 1 N–H and O–H groups in total. The van der Waals surface area contributed by atoms with Gasteiger partial charge in [-0.2, -0.15) is 0 Å². The Morgan fingerprint density at radius 1 is 1.09 bits per heavy atom. The van der Waals surface area contributed by atoms with Crippen molar-refractivity contribution in [3.8, 4) is 11.5 Å². The van der Waals surface area contributed by atoms with Gasteiger partial charge in [0.1, 0.15) is 24.7 Å². The lowest BCUT2D eigenvalue weighted by atomic mass is 10.3. The van der Waals surface area contributed by atoms with E-state index in [0.29, 0.717) is 29.7 Å². The van der Waals surface area contributed by atoms with E-state index in [9.17, 15) is 4.79 Å². The van der Waals surface area contributed by atoms with Gasteiger partial charge in [-0.25, -0.2) is 0 Å². The molecule has 0 aliphatic carbocycles. The minimum atomic E-state index is -0.281. The second-order valence-electron chi connectivity index (χ2n) is 4.61. The Morgan fingerprint density at radius 2 is 1.87 bits per heavy atom. The van der Waals surface area contributed by atoms with Gasteiger partial charge in [0.25, 0.3) is 0 Å². The van der Waals surface area contributed by atoms with Crippen molar-refractivity contribution in [2.45, 2.75) is 0 Å². The van der Waals surface area contributed by atoms with Crippen molar-refractivity contribution < 1.29 is 19.0 Å². The van der Waals surface area contributed by atoms with Crippen LogP contribution >= 0.6 is 11.6 Å². The highest BCUT2D eigenvalue weighted by atomic mass is 35.5. The van der Waals surface area contributed by atoms with E-state index >= 15 is 0 Å². The summed E-state index contributed by atoms with van der Waals surface area (Å²) in [5.41, 5.74) is 0.515. The van der Waals surface area contributed by atoms with Crippen molar-refractivity contribution in [3.05, 3.63) is 53.6 Å². The predicted octanol–water partition coefficient (Wildman–Crippen LogP) is 3.38. The fourth-order valence-corrected chi connectivity index (χ4v) is 2.03. The molecule has 6 heteroatoms. The summed E-state index contributed by atoms with van der Waals surface area (Å²) < 4.78 is 15.8. The molecule has 0 aliphatic heterocycles. The number of carbonyl (C=O) groups excluding carboxylic acids is 1. The first-order valence-electron chi connectivity index (χ1n) is 7.08. The Bertz CT molecular complexity index is 634. The van der Waals surface area contributed by atoms with Crippen molar-refractivity contribution in [1.82, 2.24) is 0 Å². The number of halogens is 1. The second kappa shape index (κ2) is 9.02. The number of hydrogen-bond acceptors (Lipinski definition) is 4. The van der Waals surface area contributed by atoms with Crippen LogP contribution in [0.1, 0.15) is 0 Å². The molecule has 0 saturated carbocycles. The Balaban J connectivity index is 1.67. The van der Waals surface area contributed by atoms with Crippen LogP contribution in [0.4, 0.5) is 5.69 Å². The molecule has 0 bridgehead atoms. The van der Waals surface area contributed by atoms with Crippen molar-refractivity contribution >= 4 is 23.2 Å². The van der Waals surface area contributed by atoms with E-state index in [1.54, 1.807) is 25.3 Å². The van der Waals surface area contributed by atoms with Crippen LogP contribution in [0, 0.1) is 0 Å². The van der Waals surface area contributed by atoms with Gasteiger partial charge in [0, 0.05) is 6.07 Å². The van der Waals surface area contributed by atoms with Crippen LogP contribution < -0.4 is 14.8 Å². The molecule has 0 spiro atoms. The molecule has 0 atom stereocenters. The quantitative estimate of drug-likeness (QED) is 0.751. The molecule has 2 aromatic rings. The first kappa shape index (κ1) is 17.1. The van der Waals surface area contributed by atoms with Crippen LogP contribution in [-0.4, -0.2) is 32.8 Å². The fraction of sp³-hybridized carbons (Fsp3) is 0.235. The molecule has 122 valence electrons. The van der Waals surface area contributed by atoms with Gasteiger partial charge >= 0.3 is 0 Å². The largest absolute Gasteiger partial charge is 0.497 e. The van der Waals surface area contributed by atoms with Crippen LogP contribution in [0.2, 0.25) is 5.02 Å². The summed E-state index contributed by atoms with van der Waals surface area (Å²) in [7, 11) is 1.55. The molecule has 2 aromatic carbocycles. The topological polar surface area (TPSA) is 56.8 Å². The summed E-state index contributed by atoms with van der Waals surface area (Å²) in [6.45, 7) is 0.625. The molecule has 0 heterocycles. The van der Waals surface area contributed by atoms with Crippen molar-refractivity contribution in [2.75, 3.05) is 32.2 Å². The SMILES string of the molecule is COc1ccc(NC(=O)COCCOc2ccccc2)c(Cl)c1. The molecule has 0 aliphatic rings. The van der Waals surface area contributed by atoms with Gasteiger partial charge in [-0.15, -0.1) is 0 Å². The van der Waals surface area contributed by atoms with Gasteiger partial charge < -0.3 is 19.5 Å². The smallest absolute Gasteiger partial charge is 0.250 e. The molecule has 0 unspecified atom stereocenters. The highest BCUT2D eigenvalue weighted by Crippen LogP contribution is 2.26. The van der Waals surface area contributed by atoms with Crippen molar-refractivity contribution in [1.29, 1.82) is 0 Å². The summed E-state index contributed by atoms with van der Waals surface area (Å²) in [4.78, 5) is 11.8. The third kappa shape index (κ3) is 5.81. The zero-order valence-electron chi connectivity index (χ0n) is 12.8. The normalized spacial score (nSPS) is 10.2. The van der Waals surface area contributed by atoms with E-state index in [1.807, 2.05) is 30.3 Å². The lowest BCUT2D eigenvalue weighted by molar-refractivity contribution is -0.120. The number of para-hydroxylation sites is 1. The van der Waals surface area contributed by atoms with Gasteiger partial charge in [-0.3, -0.25) is 4.79 Å². The lowest BCUT2D eigenvalue weighted by Crippen LogP contribution is -2.20. The molecule has 0 aromatic heterocycles. The van der Waals surface area contributed by atoms with E-state index in [0.717, 1.165) is 5.75 Å². The average molecular weight is 336 g/mol. The number of benzene rings is 2. The maximum absolute atomic E-state index is 11.8. The highest BCUT2D eigenvalue weighted by molar-refractivity contribution is 6.33. The van der Waals surface area contributed by atoms with E-state index < -0.39 is 0 Å². The van der Waals surface area contributed by atoms with Crippen molar-refractivity contribution in [3.63, 3.8) is 0 Å². The van der Waals surface area contributed by atoms with Gasteiger partial charge in [0.15, 0.2) is 0 Å². The molecule has 0 fully saturated rings. The van der Waals surface area contributed by atoms with Gasteiger partial charge in [-0.05, 0) is 24.3 Å². The van der Waals surface area contributed by atoms with Gasteiger partial charge in [0.05, 0.1) is 24.4 Å². The second-order valence-corrected chi connectivity index (χ2v) is 5.02. The minimum absolute atomic E-state index is 0.0689. The maximum Gasteiger partial charge on any atom is 0.250 e. The van der Waals surface area contributed by atoms with Crippen LogP contribution in [0.5, 0.6) is 11.5 Å². The van der Waals surface area contributed by atoms with E-state index in [2.05, 4.69) is 5.32 Å². The standard InChI is InChI=1S/C17H18ClNO4/c1-21-14-7-8-16(15(18)11-14)19-17(20)12-22-9-10-23-13-5-3-2-4-6-13/h2-8,11H,9-10,12H2,1H3,(H,19,20). The van der Waals surface area contributed by atoms with E-state index in [1.165, 1.54) is 0 Å². The molecular weight excluding hydrogens is 318 g/mol. The van der Waals surface area contributed by atoms with E-state index in [4.69, 9.17) is 25.8 Å². The first-order chi connectivity index (χ1) is 11.2. The number of ether oxygens (including phenoxy) is 3.